The molecule has 0 saturated heterocycles. The van der Waals surface area contributed by atoms with Crippen LogP contribution in [-0.4, -0.2) is 12.2 Å². The summed E-state index contributed by atoms with van der Waals surface area (Å²) in [6.45, 7) is 0. The van der Waals surface area contributed by atoms with Crippen molar-refractivity contribution in [2.45, 2.75) is 0 Å². The summed E-state index contributed by atoms with van der Waals surface area (Å²) in [7, 11) is 1.00. The van der Waals surface area contributed by atoms with Crippen molar-refractivity contribution in [2.75, 3.05) is 7.11 Å². The monoisotopic (exact) mass is 159 g/mol. The number of hydrogen-bond donors (Lipinski definition) is 1. The number of rotatable bonds is 0. The van der Waals surface area contributed by atoms with E-state index in [1.807, 2.05) is 0 Å². The van der Waals surface area contributed by atoms with E-state index in [-0.39, 0.29) is 20.1 Å². The summed E-state index contributed by atoms with van der Waals surface area (Å²) in [5, 5.41) is 7.00. The second-order valence-electron chi connectivity index (χ2n) is 0. The van der Waals surface area contributed by atoms with Gasteiger partial charge in [0.15, 0.2) is 0 Å². The minimum Gasteiger partial charge on any atom is -0.577 e. The third-order valence-corrected chi connectivity index (χ3v) is 0. The van der Waals surface area contributed by atoms with Gasteiger partial charge in [-0.3, -0.25) is 0 Å². The number of aliphatic hydroxyl groups excluding tert-OH is 1. The Balaban J connectivity index is -0.0000000133. The maximum absolute atomic E-state index is 7.25. The Morgan fingerprint density at radius 2 is 1.40 bits per heavy atom. The van der Waals surface area contributed by atoms with Gasteiger partial charge < -0.3 is 15.6 Å². The van der Waals surface area contributed by atoms with E-state index in [1.165, 1.54) is 0 Å². The van der Waals surface area contributed by atoms with E-state index in [4.69, 9.17) is 15.6 Å². The van der Waals surface area contributed by atoms with Gasteiger partial charge in [0.2, 0.25) is 0 Å². The Morgan fingerprint density at radius 1 is 1.40 bits per heavy atom. The van der Waals surface area contributed by atoms with Crippen LogP contribution in [0.2, 0.25) is 0 Å². The van der Waals surface area contributed by atoms with E-state index in [9.17, 15) is 0 Å². The van der Waals surface area contributed by atoms with Gasteiger partial charge in [0.25, 0.3) is 0 Å². The molecule has 0 aliphatic rings. The first-order chi connectivity index (χ1) is 2.00. The van der Waals surface area contributed by atoms with Gasteiger partial charge in [-0.15, -0.1) is 0 Å². The predicted octanol–water partition coefficient (Wildman–Crippen LogP) is -0.0718. The van der Waals surface area contributed by atoms with Crippen molar-refractivity contribution >= 4 is 0 Å². The number of hydrogen-bond acceptors (Lipinski definition) is 2. The van der Waals surface area contributed by atoms with E-state index in [0.717, 1.165) is 7.11 Å². The van der Waals surface area contributed by atoms with Gasteiger partial charge in [-0.05, 0) is 0 Å². The summed E-state index contributed by atoms with van der Waals surface area (Å²) < 4.78 is 0. The van der Waals surface area contributed by atoms with Crippen LogP contribution in [0.25, 0.3) is 5.59 Å². The Labute approximate surface area is 43.5 Å². The largest absolute Gasteiger partial charge is 0.577 e. The summed E-state index contributed by atoms with van der Waals surface area (Å²) >= 11 is 0. The van der Waals surface area contributed by atoms with Gasteiger partial charge in [0.05, 0.1) is 0 Å². The molecule has 4 heteroatoms. The van der Waals surface area contributed by atoms with Gasteiger partial charge in [-0.1, -0.05) is 0 Å². The van der Waals surface area contributed by atoms with Crippen LogP contribution in [0.3, 0.4) is 0 Å². The second-order valence-corrected chi connectivity index (χ2v) is 0. The molecule has 0 spiro atoms. The average molecular weight is 160 g/mol. The zero-order chi connectivity index (χ0) is 4.00. The molecule has 5 heavy (non-hydrogen) atoms. The molecular formula is CH4NO2Tc-. The van der Waals surface area contributed by atoms with Crippen LogP contribution in [0.4, 0.5) is 0 Å². The molecule has 1 radical (unpaired) electrons. The molecule has 0 amide bonds. The molecule has 0 aromatic rings. The smallest absolute Gasteiger partial charge is 0.0319 e. The molecule has 0 saturated carbocycles. The predicted molar refractivity (Wildman–Crippen MR) is 14.9 cm³/mol. The third-order valence-electron chi connectivity index (χ3n) is 0. The van der Waals surface area contributed by atoms with Crippen molar-refractivity contribution in [3.05, 3.63) is 10.5 Å². The normalized spacial score (nSPS) is 2.00. The van der Waals surface area contributed by atoms with E-state index >= 15 is 0 Å². The number of nitroso groups, excluding NO2 is 1. The maximum Gasteiger partial charge on any atom is 0.0319 e. The van der Waals surface area contributed by atoms with Crippen LogP contribution in [-0.2, 0) is 20.1 Å². The molecule has 0 heterocycles. The fourth-order valence-electron chi connectivity index (χ4n) is 0. The zero-order valence-corrected chi connectivity index (χ0v) is 4.54. The topological polar surface area (TPSA) is 59.6 Å². The molecule has 1 N–H and O–H groups in total. The maximum atomic E-state index is 7.25. The molecule has 33 valence electrons. The first-order valence-electron chi connectivity index (χ1n) is 0.630. The van der Waals surface area contributed by atoms with Crippen molar-refractivity contribution in [1.29, 1.82) is 0 Å². The van der Waals surface area contributed by atoms with Crippen molar-refractivity contribution < 1.29 is 25.2 Å². The molecule has 0 fully saturated rings. The molecule has 0 aromatic carbocycles. The van der Waals surface area contributed by atoms with Crippen molar-refractivity contribution in [3.8, 4) is 0 Å². The average Bonchev–Trinajstić information content (AvgIpc) is 1.50. The van der Waals surface area contributed by atoms with E-state index in [0.29, 0.717) is 0 Å². The molecule has 0 aromatic heterocycles. The summed E-state index contributed by atoms with van der Waals surface area (Å²) in [5.41, 5.74) is 5.75. The standard InChI is InChI=1S/CH4O.NO.Tc/c2*1-2;/h2H,1H3;;/q;-1;. The van der Waals surface area contributed by atoms with Gasteiger partial charge in [0.1, 0.15) is 0 Å². The Morgan fingerprint density at radius 3 is 1.40 bits per heavy atom. The molecule has 3 nitrogen and oxygen atoms in total. The fourth-order valence-corrected chi connectivity index (χ4v) is 0. The number of aliphatic hydroxyl groups is 1. The van der Waals surface area contributed by atoms with Crippen LogP contribution in [0.15, 0.2) is 0 Å². The summed E-state index contributed by atoms with van der Waals surface area (Å²) in [5.74, 6) is 0. The van der Waals surface area contributed by atoms with E-state index in [1.54, 1.807) is 0 Å². The quantitative estimate of drug-likeness (QED) is 0.539. The molecule has 0 rings (SSSR count). The molecule has 0 unspecified atom stereocenters. The van der Waals surface area contributed by atoms with Crippen molar-refractivity contribution in [1.82, 2.24) is 0 Å². The first kappa shape index (κ1) is 18.9. The van der Waals surface area contributed by atoms with E-state index in [2.05, 4.69) is 0 Å². The first-order valence-corrected chi connectivity index (χ1v) is 0.630. The molecule has 0 atom stereocenters. The van der Waals surface area contributed by atoms with Gasteiger partial charge in [0, 0.05) is 27.2 Å². The zero-order valence-electron chi connectivity index (χ0n) is 2.68. The van der Waals surface area contributed by atoms with Gasteiger partial charge >= 0.3 is 0 Å². The van der Waals surface area contributed by atoms with Crippen LogP contribution in [0.1, 0.15) is 0 Å². The Hall–Kier alpha value is 0.209. The molecule has 0 bridgehead atoms. The Bertz CT molecular complexity index is 9.61. The van der Waals surface area contributed by atoms with Crippen LogP contribution in [0, 0.1) is 4.91 Å². The summed E-state index contributed by atoms with van der Waals surface area (Å²) in [4.78, 5) is 7.25. The van der Waals surface area contributed by atoms with Crippen LogP contribution in [0.5, 0.6) is 0 Å². The fraction of sp³-hybridized carbons (Fsp3) is 1.00. The Kier molecular flexibility index (Phi) is 3740. The minimum atomic E-state index is 0. The number of nitrogens with zero attached hydrogens (tertiary/aromatic N) is 1. The summed E-state index contributed by atoms with van der Waals surface area (Å²) in [6, 6.07) is 0. The van der Waals surface area contributed by atoms with Gasteiger partial charge in [-0.2, -0.15) is 0 Å². The SMILES string of the molecule is CO.[N-]=O.[Tc]. The summed E-state index contributed by atoms with van der Waals surface area (Å²) in [6.07, 6.45) is 0. The van der Waals surface area contributed by atoms with Crippen LogP contribution >= 0.6 is 0 Å². The van der Waals surface area contributed by atoms with Crippen LogP contribution < -0.4 is 0 Å². The van der Waals surface area contributed by atoms with E-state index < -0.39 is 0 Å². The van der Waals surface area contributed by atoms with Gasteiger partial charge in [-0.25, -0.2) is 0 Å². The van der Waals surface area contributed by atoms with Crippen molar-refractivity contribution in [2.24, 2.45) is 0 Å². The molecule has 0 aliphatic heterocycles. The molecule has 0 aliphatic carbocycles. The third kappa shape index (κ3) is 469. The molecular weight excluding hydrogens is 156 g/mol. The minimum absolute atomic E-state index is 0. The van der Waals surface area contributed by atoms with Crippen molar-refractivity contribution in [3.63, 3.8) is 0 Å². The second kappa shape index (κ2) is 989.